The van der Waals surface area contributed by atoms with Crippen molar-refractivity contribution >= 4 is 23.3 Å². The number of anilines is 1. The summed E-state index contributed by atoms with van der Waals surface area (Å²) in [5.74, 6) is 1.04. The normalized spacial score (nSPS) is 21.1. The van der Waals surface area contributed by atoms with Crippen molar-refractivity contribution in [2.24, 2.45) is 0 Å². The van der Waals surface area contributed by atoms with Crippen LogP contribution >= 0.6 is 11.6 Å². The van der Waals surface area contributed by atoms with E-state index in [0.29, 0.717) is 50.2 Å². The number of aliphatic hydroxyl groups excluding tert-OH is 1. The van der Waals surface area contributed by atoms with E-state index < -0.39 is 6.10 Å². The molecule has 1 aliphatic carbocycles. The highest BCUT2D eigenvalue weighted by molar-refractivity contribution is 6.30. The lowest BCUT2D eigenvalue weighted by atomic mass is 9.96. The lowest BCUT2D eigenvalue weighted by molar-refractivity contribution is -0.133. The van der Waals surface area contributed by atoms with E-state index in [2.05, 4.69) is 41.0 Å². The number of fused-ring (bicyclic) bond motifs is 1. The molecule has 0 radical (unpaired) electrons. The van der Waals surface area contributed by atoms with E-state index in [9.17, 15) is 9.90 Å². The predicted octanol–water partition coefficient (Wildman–Crippen LogP) is 3.88. The van der Waals surface area contributed by atoms with Crippen LogP contribution in [-0.2, 0) is 4.79 Å². The number of aromatic nitrogens is 2. The molecule has 1 fully saturated rings. The molecule has 1 unspecified atom stereocenters. The predicted molar refractivity (Wildman–Crippen MR) is 135 cm³/mol. The number of halogens is 1. The number of nitrogens with one attached hydrogen (secondary N) is 1. The van der Waals surface area contributed by atoms with Gasteiger partial charge in [-0.2, -0.15) is 0 Å². The molecule has 1 aromatic heterocycles. The van der Waals surface area contributed by atoms with Crippen LogP contribution in [0.4, 0.5) is 5.82 Å². The first-order valence-electron chi connectivity index (χ1n) is 12.5. The van der Waals surface area contributed by atoms with Crippen molar-refractivity contribution < 1.29 is 9.90 Å². The fourth-order valence-corrected chi connectivity index (χ4v) is 5.34. The van der Waals surface area contributed by atoms with Gasteiger partial charge in [-0.3, -0.25) is 4.79 Å². The van der Waals surface area contributed by atoms with E-state index in [1.165, 1.54) is 0 Å². The van der Waals surface area contributed by atoms with Crippen LogP contribution in [-0.4, -0.2) is 64.6 Å². The van der Waals surface area contributed by atoms with Crippen molar-refractivity contribution in [3.63, 3.8) is 0 Å². The maximum absolute atomic E-state index is 13.7. The zero-order chi connectivity index (χ0) is 24.2. The van der Waals surface area contributed by atoms with Crippen molar-refractivity contribution in [3.05, 3.63) is 52.4 Å². The molecule has 8 heteroatoms. The van der Waals surface area contributed by atoms with Gasteiger partial charge in [-0.15, -0.1) is 0 Å². The smallest absolute Gasteiger partial charge is 0.231 e. The van der Waals surface area contributed by atoms with Gasteiger partial charge in [0, 0.05) is 49.4 Å². The second-order valence-corrected chi connectivity index (χ2v) is 9.92. The monoisotopic (exact) mass is 485 g/mol. The number of amides is 1. The Bertz CT molecular complexity index is 974. The summed E-state index contributed by atoms with van der Waals surface area (Å²) in [7, 11) is 0. The molecule has 34 heavy (non-hydrogen) atoms. The third-order valence-electron chi connectivity index (χ3n) is 7.34. The molecule has 2 heterocycles. The average molecular weight is 486 g/mol. The Hall–Kier alpha value is -2.22. The van der Waals surface area contributed by atoms with Gasteiger partial charge >= 0.3 is 0 Å². The molecule has 2 aromatic rings. The zero-order valence-electron chi connectivity index (χ0n) is 20.4. The molecule has 7 nitrogen and oxygen atoms in total. The van der Waals surface area contributed by atoms with Crippen molar-refractivity contribution in [2.75, 3.05) is 37.6 Å². The Morgan fingerprint density at radius 1 is 1.15 bits per heavy atom. The minimum Gasteiger partial charge on any atom is -0.387 e. The Morgan fingerprint density at radius 3 is 2.47 bits per heavy atom. The molecule has 0 bridgehead atoms. The minimum atomic E-state index is -0.516. The van der Waals surface area contributed by atoms with Crippen molar-refractivity contribution in [1.29, 1.82) is 0 Å². The Labute approximate surface area is 207 Å². The number of piperazine rings is 1. The summed E-state index contributed by atoms with van der Waals surface area (Å²) < 4.78 is 0. The summed E-state index contributed by atoms with van der Waals surface area (Å²) >= 11 is 6.11. The summed E-state index contributed by atoms with van der Waals surface area (Å²) in [6, 6.07) is 8.05. The Kier molecular flexibility index (Phi) is 8.06. The van der Waals surface area contributed by atoms with Crippen molar-refractivity contribution in [3.8, 4) is 0 Å². The van der Waals surface area contributed by atoms with Crippen molar-refractivity contribution in [2.45, 2.75) is 64.0 Å². The number of nitrogens with zero attached hydrogens (tertiary/aromatic N) is 4. The summed E-state index contributed by atoms with van der Waals surface area (Å²) in [5, 5.41) is 14.6. The molecule has 2 aliphatic rings. The van der Waals surface area contributed by atoms with Gasteiger partial charge in [-0.1, -0.05) is 44.5 Å². The number of rotatable bonds is 8. The molecule has 0 spiro atoms. The van der Waals surface area contributed by atoms with Gasteiger partial charge in [0.25, 0.3) is 0 Å². The molecule has 4 rings (SSSR count). The summed E-state index contributed by atoms with van der Waals surface area (Å²) in [4.78, 5) is 26.8. The third-order valence-corrected chi connectivity index (χ3v) is 7.59. The Balaban J connectivity index is 1.47. The maximum atomic E-state index is 13.7. The first kappa shape index (κ1) is 24.9. The van der Waals surface area contributed by atoms with E-state index in [4.69, 9.17) is 11.6 Å². The van der Waals surface area contributed by atoms with Gasteiger partial charge in [-0.25, -0.2) is 9.97 Å². The Morgan fingerprint density at radius 2 is 1.82 bits per heavy atom. The van der Waals surface area contributed by atoms with Crippen LogP contribution < -0.4 is 10.2 Å². The fraction of sp³-hybridized carbons (Fsp3) is 0.577. The second-order valence-electron chi connectivity index (χ2n) is 9.49. The lowest BCUT2D eigenvalue weighted by Crippen LogP contribution is -2.51. The van der Waals surface area contributed by atoms with Gasteiger partial charge in [0.2, 0.25) is 5.91 Å². The average Bonchev–Trinajstić information content (AvgIpc) is 3.16. The van der Waals surface area contributed by atoms with Crippen LogP contribution in [0.2, 0.25) is 5.02 Å². The third kappa shape index (κ3) is 5.21. The number of benzene rings is 1. The molecular weight excluding hydrogens is 450 g/mol. The van der Waals surface area contributed by atoms with Crippen LogP contribution in [0.5, 0.6) is 0 Å². The number of hydrogen-bond acceptors (Lipinski definition) is 6. The first-order valence-corrected chi connectivity index (χ1v) is 12.9. The molecule has 1 aromatic carbocycles. The second kappa shape index (κ2) is 11.0. The van der Waals surface area contributed by atoms with E-state index in [1.54, 1.807) is 6.33 Å². The standard InChI is InChI=1S/C26H36ClN5O2/c1-4-20(5-2)28-15-21(18-6-8-19(27)9-7-18)26(34)32-12-10-31(11-13-32)25-23-17(3)14-22(33)24(23)29-16-30-25/h6-9,16-17,20-22,28,33H,4-5,10-15H2,1-3H3/t17-,21?,22-/m1/s1. The molecule has 1 saturated heterocycles. The zero-order valence-corrected chi connectivity index (χ0v) is 21.1. The summed E-state index contributed by atoms with van der Waals surface area (Å²) in [5.41, 5.74) is 2.81. The van der Waals surface area contributed by atoms with E-state index >= 15 is 0 Å². The van der Waals surface area contributed by atoms with Crippen LogP contribution in [0, 0.1) is 0 Å². The summed E-state index contributed by atoms with van der Waals surface area (Å²) in [6.07, 6.45) is 3.79. The first-order chi connectivity index (χ1) is 16.4. The maximum Gasteiger partial charge on any atom is 0.231 e. The highest BCUT2D eigenvalue weighted by Crippen LogP contribution is 2.42. The van der Waals surface area contributed by atoms with E-state index in [-0.39, 0.29) is 17.7 Å². The lowest BCUT2D eigenvalue weighted by Gasteiger charge is -2.38. The fourth-order valence-electron chi connectivity index (χ4n) is 5.22. The van der Waals surface area contributed by atoms with Crippen LogP contribution in [0.25, 0.3) is 0 Å². The van der Waals surface area contributed by atoms with Gasteiger partial charge in [0.05, 0.1) is 17.7 Å². The number of carbonyl (C=O) groups is 1. The van der Waals surface area contributed by atoms with Gasteiger partial charge in [0.1, 0.15) is 12.1 Å². The molecule has 2 N–H and O–H groups in total. The van der Waals surface area contributed by atoms with E-state index in [0.717, 1.165) is 35.5 Å². The molecule has 184 valence electrons. The largest absolute Gasteiger partial charge is 0.387 e. The van der Waals surface area contributed by atoms with E-state index in [1.807, 2.05) is 29.2 Å². The highest BCUT2D eigenvalue weighted by Gasteiger charge is 2.35. The minimum absolute atomic E-state index is 0.150. The van der Waals surface area contributed by atoms with Crippen LogP contribution in [0.1, 0.15) is 74.8 Å². The molecule has 0 saturated carbocycles. The SMILES string of the molecule is CCC(CC)NCC(C(=O)N1CCN(c2ncnc3c2[C@H](C)C[C@H]3O)CC1)c1ccc(Cl)cc1. The quantitative estimate of drug-likeness (QED) is 0.590. The van der Waals surface area contributed by atoms with Gasteiger partial charge in [0.15, 0.2) is 0 Å². The van der Waals surface area contributed by atoms with Crippen molar-refractivity contribution in [1.82, 2.24) is 20.2 Å². The molecule has 3 atom stereocenters. The molecule has 1 amide bonds. The van der Waals surface area contributed by atoms with Gasteiger partial charge in [-0.05, 0) is 42.9 Å². The number of carbonyl (C=O) groups excluding carboxylic acids is 1. The summed E-state index contributed by atoms with van der Waals surface area (Å²) in [6.45, 7) is 9.78. The highest BCUT2D eigenvalue weighted by atomic mass is 35.5. The number of aliphatic hydroxyl groups is 1. The topological polar surface area (TPSA) is 81.6 Å². The molecular formula is C26H36ClN5O2. The van der Waals surface area contributed by atoms with Crippen LogP contribution in [0.15, 0.2) is 30.6 Å². The van der Waals surface area contributed by atoms with Gasteiger partial charge < -0.3 is 20.2 Å². The molecule has 1 aliphatic heterocycles. The number of hydrogen-bond donors (Lipinski definition) is 2. The van der Waals surface area contributed by atoms with Crippen LogP contribution in [0.3, 0.4) is 0 Å².